The van der Waals surface area contributed by atoms with Gasteiger partial charge in [-0.15, -0.1) is 5.10 Å². The van der Waals surface area contributed by atoms with Crippen LogP contribution >= 0.6 is 23.4 Å². The minimum absolute atomic E-state index is 0.195. The summed E-state index contributed by atoms with van der Waals surface area (Å²) in [5, 5.41) is 17.9. The van der Waals surface area contributed by atoms with Gasteiger partial charge in [-0.2, -0.15) is 0 Å². The number of aliphatic hydroxyl groups excluding tert-OH is 1. The number of halogens is 2. The van der Waals surface area contributed by atoms with E-state index in [2.05, 4.69) is 15.2 Å². The molecular formula is C18H17ClFN3O2S. The van der Waals surface area contributed by atoms with Gasteiger partial charge in [0, 0.05) is 10.8 Å². The molecule has 0 fully saturated rings. The molecular weight excluding hydrogens is 377 g/mol. The fourth-order valence-corrected chi connectivity index (χ4v) is 3.03. The van der Waals surface area contributed by atoms with Crippen LogP contribution in [-0.4, -0.2) is 38.8 Å². The Labute approximate surface area is 159 Å². The summed E-state index contributed by atoms with van der Waals surface area (Å²) in [6.45, 7) is 0.594. The molecule has 3 aromatic rings. The molecule has 0 aliphatic heterocycles. The van der Waals surface area contributed by atoms with Crippen molar-refractivity contribution in [2.75, 3.05) is 12.4 Å². The molecule has 0 unspecified atom stereocenters. The molecule has 0 bridgehead atoms. The van der Waals surface area contributed by atoms with Crippen LogP contribution in [0.3, 0.4) is 0 Å². The number of nitrogens with one attached hydrogen (secondary N) is 1. The van der Waals surface area contributed by atoms with E-state index in [0.29, 0.717) is 33.9 Å². The number of hydrogen-bond acceptors (Lipinski definition) is 5. The van der Waals surface area contributed by atoms with Crippen LogP contribution in [-0.2, 0) is 11.3 Å². The van der Waals surface area contributed by atoms with Crippen molar-refractivity contribution in [2.24, 2.45) is 0 Å². The van der Waals surface area contributed by atoms with Crippen LogP contribution in [0.4, 0.5) is 4.39 Å². The molecule has 136 valence electrons. The predicted molar refractivity (Wildman–Crippen MR) is 99.6 cm³/mol. The molecule has 0 aliphatic carbocycles. The lowest BCUT2D eigenvalue weighted by molar-refractivity contribution is 0.0398. The highest BCUT2D eigenvalue weighted by Gasteiger charge is 2.12. The van der Waals surface area contributed by atoms with Gasteiger partial charge in [-0.05, 0) is 29.8 Å². The van der Waals surface area contributed by atoms with Crippen LogP contribution in [0.2, 0.25) is 5.02 Å². The second-order valence-electron chi connectivity index (χ2n) is 5.55. The van der Waals surface area contributed by atoms with Crippen LogP contribution in [0.1, 0.15) is 5.56 Å². The Morgan fingerprint density at radius 2 is 1.96 bits per heavy atom. The maximum Gasteiger partial charge on any atom is 0.208 e. The van der Waals surface area contributed by atoms with Crippen molar-refractivity contribution >= 4 is 23.4 Å². The van der Waals surface area contributed by atoms with Crippen molar-refractivity contribution in [3.8, 4) is 11.4 Å². The van der Waals surface area contributed by atoms with Crippen molar-refractivity contribution in [3.63, 3.8) is 0 Å². The molecule has 0 amide bonds. The highest BCUT2D eigenvalue weighted by Crippen LogP contribution is 2.22. The Kier molecular flexibility index (Phi) is 6.62. The second-order valence-corrected chi connectivity index (χ2v) is 6.98. The van der Waals surface area contributed by atoms with Gasteiger partial charge in [-0.25, -0.2) is 9.37 Å². The molecule has 8 heteroatoms. The molecule has 0 saturated heterocycles. The molecule has 3 rings (SSSR count). The number of benzene rings is 2. The van der Waals surface area contributed by atoms with E-state index in [1.165, 1.54) is 17.8 Å². The molecule has 1 heterocycles. The van der Waals surface area contributed by atoms with Gasteiger partial charge in [0.1, 0.15) is 5.82 Å². The second kappa shape index (κ2) is 9.14. The van der Waals surface area contributed by atoms with E-state index in [-0.39, 0.29) is 12.4 Å². The van der Waals surface area contributed by atoms with Crippen molar-refractivity contribution < 1.29 is 14.2 Å². The summed E-state index contributed by atoms with van der Waals surface area (Å²) < 4.78 is 19.2. The van der Waals surface area contributed by atoms with Crippen molar-refractivity contribution in [1.29, 1.82) is 0 Å². The Morgan fingerprint density at radius 3 is 2.73 bits per heavy atom. The number of aromatic amines is 1. The zero-order valence-corrected chi connectivity index (χ0v) is 15.3. The van der Waals surface area contributed by atoms with E-state index in [1.54, 1.807) is 30.3 Å². The number of hydrogen-bond donors (Lipinski definition) is 2. The number of H-pyrrole nitrogens is 1. The molecule has 2 aromatic carbocycles. The van der Waals surface area contributed by atoms with Gasteiger partial charge < -0.3 is 9.84 Å². The molecule has 0 spiro atoms. The number of rotatable bonds is 8. The Hall–Kier alpha value is -1.93. The van der Waals surface area contributed by atoms with Gasteiger partial charge >= 0.3 is 0 Å². The first-order valence-corrected chi connectivity index (χ1v) is 9.28. The quantitative estimate of drug-likeness (QED) is 0.567. The normalized spacial score (nSPS) is 12.3. The monoisotopic (exact) mass is 393 g/mol. The van der Waals surface area contributed by atoms with Gasteiger partial charge in [-0.3, -0.25) is 5.10 Å². The van der Waals surface area contributed by atoms with Gasteiger partial charge in [0.05, 0.1) is 24.9 Å². The third-order valence-corrected chi connectivity index (χ3v) is 4.74. The molecule has 1 aromatic heterocycles. The van der Waals surface area contributed by atoms with E-state index in [9.17, 15) is 9.50 Å². The molecule has 26 heavy (non-hydrogen) atoms. The summed E-state index contributed by atoms with van der Waals surface area (Å²) >= 11 is 7.10. The van der Waals surface area contributed by atoms with Gasteiger partial charge in [-0.1, -0.05) is 47.6 Å². The van der Waals surface area contributed by atoms with Crippen LogP contribution in [0.15, 0.2) is 53.7 Å². The Morgan fingerprint density at radius 1 is 1.19 bits per heavy atom. The van der Waals surface area contributed by atoms with Crippen molar-refractivity contribution in [2.45, 2.75) is 17.9 Å². The molecule has 0 saturated carbocycles. The summed E-state index contributed by atoms with van der Waals surface area (Å²) in [5.74, 6) is 0.366. The average Bonchev–Trinajstić information content (AvgIpc) is 3.11. The number of aromatic nitrogens is 3. The highest BCUT2D eigenvalue weighted by atomic mass is 35.5. The standard InChI is InChI=1S/C18H17ClFN3O2S/c19-13-7-5-12(6-8-13)9-25-10-14(24)11-26-18-21-17(22-23-18)15-3-1-2-4-16(15)20/h1-8,14,24H,9-11H2,(H,21,22,23)/t14-/m1/s1. The number of thioether (sulfide) groups is 1. The maximum atomic E-state index is 13.7. The zero-order chi connectivity index (χ0) is 18.4. The maximum absolute atomic E-state index is 13.7. The molecule has 5 nitrogen and oxygen atoms in total. The lowest BCUT2D eigenvalue weighted by Crippen LogP contribution is -2.18. The number of ether oxygens (including phenoxy) is 1. The molecule has 0 radical (unpaired) electrons. The van der Waals surface area contributed by atoms with Gasteiger partial charge in [0.15, 0.2) is 5.82 Å². The lowest BCUT2D eigenvalue weighted by Gasteiger charge is -2.10. The fourth-order valence-electron chi connectivity index (χ4n) is 2.20. The van der Waals surface area contributed by atoms with E-state index in [4.69, 9.17) is 16.3 Å². The van der Waals surface area contributed by atoms with Gasteiger partial charge in [0.2, 0.25) is 5.16 Å². The van der Waals surface area contributed by atoms with E-state index in [0.717, 1.165) is 5.56 Å². The molecule has 1 atom stereocenters. The van der Waals surface area contributed by atoms with Crippen LogP contribution in [0.5, 0.6) is 0 Å². The first kappa shape index (κ1) is 18.8. The van der Waals surface area contributed by atoms with E-state index < -0.39 is 6.10 Å². The Balaban J connectivity index is 1.44. The fraction of sp³-hybridized carbons (Fsp3) is 0.222. The van der Waals surface area contributed by atoms with Crippen LogP contribution in [0, 0.1) is 5.82 Å². The summed E-state index contributed by atoms with van der Waals surface area (Å²) in [7, 11) is 0. The van der Waals surface area contributed by atoms with Crippen LogP contribution in [0.25, 0.3) is 11.4 Å². The first-order chi connectivity index (χ1) is 12.6. The third kappa shape index (κ3) is 5.28. The predicted octanol–water partition coefficient (Wildman–Crippen LogP) is 3.93. The minimum Gasteiger partial charge on any atom is -0.390 e. The lowest BCUT2D eigenvalue weighted by atomic mass is 10.2. The molecule has 2 N–H and O–H groups in total. The molecule has 0 aliphatic rings. The summed E-state index contributed by atoms with van der Waals surface area (Å²) in [6, 6.07) is 13.7. The first-order valence-electron chi connectivity index (χ1n) is 7.92. The summed E-state index contributed by atoms with van der Waals surface area (Å²) in [4.78, 5) is 4.24. The summed E-state index contributed by atoms with van der Waals surface area (Å²) in [5.41, 5.74) is 1.34. The van der Waals surface area contributed by atoms with Crippen LogP contribution < -0.4 is 0 Å². The van der Waals surface area contributed by atoms with Crippen molar-refractivity contribution in [3.05, 3.63) is 64.9 Å². The SMILES string of the molecule is O[C@H](COCc1ccc(Cl)cc1)CSc1n[nH]c(-c2ccccc2F)n1. The van der Waals surface area contributed by atoms with Gasteiger partial charge in [0.25, 0.3) is 0 Å². The van der Waals surface area contributed by atoms with Crippen molar-refractivity contribution in [1.82, 2.24) is 15.2 Å². The Bertz CT molecular complexity index is 844. The number of nitrogens with zero attached hydrogens (tertiary/aromatic N) is 2. The highest BCUT2D eigenvalue weighted by molar-refractivity contribution is 7.99. The van der Waals surface area contributed by atoms with E-state index >= 15 is 0 Å². The minimum atomic E-state index is -0.664. The van der Waals surface area contributed by atoms with E-state index in [1.807, 2.05) is 12.1 Å². The third-order valence-electron chi connectivity index (χ3n) is 3.49. The zero-order valence-electron chi connectivity index (χ0n) is 13.7. The number of aliphatic hydroxyl groups is 1. The largest absolute Gasteiger partial charge is 0.390 e. The average molecular weight is 394 g/mol. The summed E-state index contributed by atoms with van der Waals surface area (Å²) in [6.07, 6.45) is -0.664. The topological polar surface area (TPSA) is 71.0 Å². The smallest absolute Gasteiger partial charge is 0.208 e.